The average molecular weight is 333 g/mol. The summed E-state index contributed by atoms with van der Waals surface area (Å²) in [7, 11) is 0. The first kappa shape index (κ1) is 16.1. The van der Waals surface area contributed by atoms with Gasteiger partial charge in [0.1, 0.15) is 6.20 Å². The minimum absolute atomic E-state index is 0.400. The smallest absolute Gasteiger partial charge is 0.271 e. The standard InChI is InChI=1S/C18H15N5O2/c1-3-14(22-16-8-6-5-7-13(16)11-19-22)9-10-15(4-2)23-18(25)21-17(24)12-20-23/h3-12H,1-2H2,(H,21,24,25)/b14-9+,15-10+. The summed E-state index contributed by atoms with van der Waals surface area (Å²) in [5.41, 5.74) is 0.836. The van der Waals surface area contributed by atoms with E-state index in [-0.39, 0.29) is 0 Å². The molecule has 0 aliphatic carbocycles. The highest BCUT2D eigenvalue weighted by Crippen LogP contribution is 2.18. The molecule has 0 spiro atoms. The van der Waals surface area contributed by atoms with Crippen LogP contribution in [-0.4, -0.2) is 24.5 Å². The maximum Gasteiger partial charge on any atom is 0.349 e. The molecule has 0 saturated heterocycles. The predicted octanol–water partition coefficient (Wildman–Crippen LogP) is 2.04. The van der Waals surface area contributed by atoms with E-state index in [0.29, 0.717) is 11.4 Å². The normalized spacial score (nSPS) is 12.3. The van der Waals surface area contributed by atoms with Crippen molar-refractivity contribution < 1.29 is 0 Å². The lowest BCUT2D eigenvalue weighted by Crippen LogP contribution is -2.30. The minimum atomic E-state index is -0.642. The average Bonchev–Trinajstić information content (AvgIpc) is 3.04. The molecule has 0 unspecified atom stereocenters. The highest BCUT2D eigenvalue weighted by Gasteiger charge is 2.05. The molecule has 0 bridgehead atoms. The molecule has 1 N–H and O–H groups in total. The largest absolute Gasteiger partial charge is 0.349 e. The van der Waals surface area contributed by atoms with Crippen molar-refractivity contribution in [2.24, 2.45) is 0 Å². The van der Waals surface area contributed by atoms with Crippen LogP contribution in [0, 0.1) is 0 Å². The molecule has 1 aromatic carbocycles. The first-order valence-electron chi connectivity index (χ1n) is 7.43. The van der Waals surface area contributed by atoms with Crippen LogP contribution in [0.25, 0.3) is 22.3 Å². The maximum absolute atomic E-state index is 11.9. The highest BCUT2D eigenvalue weighted by molar-refractivity contribution is 5.83. The molecule has 2 heterocycles. The summed E-state index contributed by atoms with van der Waals surface area (Å²) in [6.45, 7) is 7.49. The first-order chi connectivity index (χ1) is 12.1. The molecule has 0 radical (unpaired) electrons. The molecular weight excluding hydrogens is 318 g/mol. The van der Waals surface area contributed by atoms with E-state index < -0.39 is 11.2 Å². The number of rotatable bonds is 5. The van der Waals surface area contributed by atoms with Crippen molar-refractivity contribution in [3.8, 4) is 0 Å². The lowest BCUT2D eigenvalue weighted by atomic mass is 10.2. The van der Waals surface area contributed by atoms with Gasteiger partial charge in [-0.2, -0.15) is 14.9 Å². The van der Waals surface area contributed by atoms with E-state index in [1.165, 1.54) is 6.08 Å². The van der Waals surface area contributed by atoms with Gasteiger partial charge in [0.2, 0.25) is 0 Å². The zero-order valence-corrected chi connectivity index (χ0v) is 13.3. The van der Waals surface area contributed by atoms with Crippen LogP contribution in [0.15, 0.2) is 83.7 Å². The van der Waals surface area contributed by atoms with Crippen LogP contribution < -0.4 is 11.2 Å². The Balaban J connectivity index is 2.08. The van der Waals surface area contributed by atoms with Crippen molar-refractivity contribution in [3.05, 3.63) is 95.0 Å². The fourth-order valence-corrected chi connectivity index (χ4v) is 2.34. The molecule has 124 valence electrons. The van der Waals surface area contributed by atoms with Gasteiger partial charge in [-0.05, 0) is 30.4 Å². The summed E-state index contributed by atoms with van der Waals surface area (Å²) in [6, 6.07) is 7.78. The topological polar surface area (TPSA) is 85.6 Å². The molecule has 0 fully saturated rings. The third-order valence-corrected chi connectivity index (χ3v) is 3.52. The Labute approximate surface area is 142 Å². The van der Waals surface area contributed by atoms with E-state index >= 15 is 0 Å². The molecule has 3 rings (SSSR count). The zero-order valence-electron chi connectivity index (χ0n) is 13.3. The van der Waals surface area contributed by atoms with E-state index in [1.54, 1.807) is 29.1 Å². The van der Waals surface area contributed by atoms with Crippen LogP contribution >= 0.6 is 0 Å². The molecule has 3 aromatic rings. The molecule has 25 heavy (non-hydrogen) atoms. The van der Waals surface area contributed by atoms with E-state index in [0.717, 1.165) is 21.8 Å². The second-order valence-corrected chi connectivity index (χ2v) is 5.06. The number of para-hydroxylation sites is 1. The monoisotopic (exact) mass is 333 g/mol. The zero-order chi connectivity index (χ0) is 17.8. The maximum atomic E-state index is 11.9. The molecule has 0 amide bonds. The van der Waals surface area contributed by atoms with Crippen LogP contribution in [0.1, 0.15) is 0 Å². The predicted molar refractivity (Wildman–Crippen MR) is 97.8 cm³/mol. The lowest BCUT2D eigenvalue weighted by Gasteiger charge is -2.05. The van der Waals surface area contributed by atoms with Gasteiger partial charge in [0.15, 0.2) is 0 Å². The van der Waals surface area contributed by atoms with Gasteiger partial charge in [0.05, 0.1) is 23.1 Å². The molecule has 0 saturated carbocycles. The summed E-state index contributed by atoms with van der Waals surface area (Å²) >= 11 is 0. The Bertz CT molecular complexity index is 1130. The van der Waals surface area contributed by atoms with Crippen molar-refractivity contribution in [2.45, 2.75) is 0 Å². The molecular formula is C18H15N5O2. The van der Waals surface area contributed by atoms with E-state index in [2.05, 4.69) is 28.3 Å². The Morgan fingerprint density at radius 2 is 1.60 bits per heavy atom. The van der Waals surface area contributed by atoms with E-state index in [1.807, 2.05) is 24.3 Å². The van der Waals surface area contributed by atoms with Gasteiger partial charge in [-0.15, -0.1) is 0 Å². The molecule has 2 aromatic heterocycles. The number of aromatic nitrogens is 5. The number of aromatic amines is 1. The first-order valence-corrected chi connectivity index (χ1v) is 7.43. The number of allylic oxidation sites excluding steroid dienone is 6. The molecule has 7 nitrogen and oxygen atoms in total. The van der Waals surface area contributed by atoms with Crippen LogP contribution in [0.3, 0.4) is 0 Å². The summed E-state index contributed by atoms with van der Waals surface area (Å²) in [5, 5.41) is 9.17. The van der Waals surface area contributed by atoms with Crippen molar-refractivity contribution in [1.82, 2.24) is 24.5 Å². The second-order valence-electron chi connectivity index (χ2n) is 5.06. The van der Waals surface area contributed by atoms with Crippen LogP contribution in [-0.2, 0) is 0 Å². The minimum Gasteiger partial charge on any atom is -0.271 e. The van der Waals surface area contributed by atoms with Gasteiger partial charge in [-0.25, -0.2) is 9.48 Å². The number of fused-ring (bicyclic) bond motifs is 1. The van der Waals surface area contributed by atoms with Gasteiger partial charge < -0.3 is 0 Å². The summed E-state index contributed by atoms with van der Waals surface area (Å²) < 4.78 is 2.79. The van der Waals surface area contributed by atoms with Gasteiger partial charge in [-0.1, -0.05) is 31.4 Å². The van der Waals surface area contributed by atoms with Crippen molar-refractivity contribution in [3.63, 3.8) is 0 Å². The summed E-state index contributed by atoms with van der Waals surface area (Å²) in [5.74, 6) is 0. The molecule has 0 aliphatic rings. The fraction of sp³-hybridized carbons (Fsp3) is 0. The van der Waals surface area contributed by atoms with Crippen molar-refractivity contribution >= 4 is 22.3 Å². The molecule has 0 aliphatic heterocycles. The van der Waals surface area contributed by atoms with Crippen LogP contribution in [0.5, 0.6) is 0 Å². The Morgan fingerprint density at radius 1 is 0.960 bits per heavy atom. The Kier molecular flexibility index (Phi) is 4.38. The third kappa shape index (κ3) is 3.16. The van der Waals surface area contributed by atoms with Crippen LogP contribution in [0.2, 0.25) is 0 Å². The SMILES string of the molecule is C=C/C(=C\C=C(/C=C)n1ncc2ccccc21)n1ncc(=O)[nH]c1=O. The number of benzene rings is 1. The quantitative estimate of drug-likeness (QED) is 0.724. The number of nitrogens with zero attached hydrogens (tertiary/aromatic N) is 4. The Hall–Kier alpha value is -3.74. The second kappa shape index (κ2) is 6.79. The van der Waals surface area contributed by atoms with E-state index in [9.17, 15) is 9.59 Å². The fourth-order valence-electron chi connectivity index (χ4n) is 2.34. The van der Waals surface area contributed by atoms with Gasteiger partial charge >= 0.3 is 5.69 Å². The highest BCUT2D eigenvalue weighted by atomic mass is 16.2. The number of nitrogens with one attached hydrogen (secondary N) is 1. The third-order valence-electron chi connectivity index (χ3n) is 3.52. The molecule has 0 atom stereocenters. The van der Waals surface area contributed by atoms with Crippen LogP contribution in [0.4, 0.5) is 0 Å². The van der Waals surface area contributed by atoms with Crippen molar-refractivity contribution in [2.75, 3.05) is 0 Å². The Morgan fingerprint density at radius 3 is 2.28 bits per heavy atom. The van der Waals surface area contributed by atoms with E-state index in [4.69, 9.17) is 0 Å². The van der Waals surface area contributed by atoms with Gasteiger partial charge in [-0.3, -0.25) is 9.78 Å². The van der Waals surface area contributed by atoms with Gasteiger partial charge in [0, 0.05) is 5.39 Å². The summed E-state index contributed by atoms with van der Waals surface area (Å²) in [6.07, 6.45) is 9.29. The number of hydrogen-bond donors (Lipinski definition) is 1. The number of hydrogen-bond acceptors (Lipinski definition) is 4. The van der Waals surface area contributed by atoms with Gasteiger partial charge in [0.25, 0.3) is 5.56 Å². The number of H-pyrrole nitrogens is 1. The lowest BCUT2D eigenvalue weighted by molar-refractivity contribution is 0.770. The molecule has 7 heteroatoms. The summed E-state index contributed by atoms with van der Waals surface area (Å²) in [4.78, 5) is 25.1. The van der Waals surface area contributed by atoms with Crippen molar-refractivity contribution in [1.29, 1.82) is 0 Å².